The topological polar surface area (TPSA) is 39.4 Å². The van der Waals surface area contributed by atoms with Gasteiger partial charge in [0.15, 0.2) is 0 Å². The third kappa shape index (κ3) is 1.62. The number of allylic oxidation sites excluding steroid dienone is 1. The summed E-state index contributed by atoms with van der Waals surface area (Å²) in [6, 6.07) is 1.91. The molecule has 1 aromatic heterocycles. The molecule has 72 valence electrons. The van der Waals surface area contributed by atoms with Crippen LogP contribution in [0.4, 0.5) is 0 Å². The van der Waals surface area contributed by atoms with E-state index in [1.54, 1.807) is 12.2 Å². The molecule has 0 aliphatic carbocycles. The summed E-state index contributed by atoms with van der Waals surface area (Å²) < 4.78 is 10.3. The van der Waals surface area contributed by atoms with E-state index in [4.69, 9.17) is 9.15 Å². The quantitative estimate of drug-likeness (QED) is 0.638. The Hall–Kier alpha value is -1.77. The van der Waals surface area contributed by atoms with Crippen LogP contribution in [-0.2, 0) is 9.53 Å². The molecule has 2 heterocycles. The average molecular weight is 190 g/mol. The van der Waals surface area contributed by atoms with Gasteiger partial charge in [-0.15, -0.1) is 0 Å². The predicted octanol–water partition coefficient (Wildman–Crippen LogP) is 2.35. The van der Waals surface area contributed by atoms with Crippen LogP contribution < -0.4 is 0 Å². The molecule has 0 fully saturated rings. The van der Waals surface area contributed by atoms with Gasteiger partial charge in [-0.3, -0.25) is 0 Å². The second-order valence-corrected chi connectivity index (χ2v) is 3.19. The highest BCUT2D eigenvalue weighted by molar-refractivity contribution is 5.87. The molecule has 3 heteroatoms. The van der Waals surface area contributed by atoms with Crippen molar-refractivity contribution in [1.29, 1.82) is 0 Å². The number of hydrogen-bond donors (Lipinski definition) is 0. The summed E-state index contributed by atoms with van der Waals surface area (Å²) in [5, 5.41) is 0. The molecule has 14 heavy (non-hydrogen) atoms. The highest BCUT2D eigenvalue weighted by atomic mass is 16.5. The van der Waals surface area contributed by atoms with Gasteiger partial charge in [-0.25, -0.2) is 4.79 Å². The second-order valence-electron chi connectivity index (χ2n) is 3.19. The number of carbonyl (C=O) groups is 1. The Labute approximate surface area is 81.7 Å². The van der Waals surface area contributed by atoms with Gasteiger partial charge in [-0.2, -0.15) is 0 Å². The highest BCUT2D eigenvalue weighted by Crippen LogP contribution is 2.18. The number of ether oxygens (including phenoxy) is 1. The third-order valence-electron chi connectivity index (χ3n) is 2.07. The van der Waals surface area contributed by atoms with Crippen molar-refractivity contribution < 1.29 is 13.9 Å². The van der Waals surface area contributed by atoms with Crippen LogP contribution in [-0.4, -0.2) is 5.97 Å². The van der Waals surface area contributed by atoms with E-state index in [-0.39, 0.29) is 5.97 Å². The van der Waals surface area contributed by atoms with Crippen LogP contribution in [0.3, 0.4) is 0 Å². The van der Waals surface area contributed by atoms with Gasteiger partial charge in [0.1, 0.15) is 17.3 Å². The number of rotatable bonds is 1. The zero-order valence-electron chi connectivity index (χ0n) is 8.03. The average Bonchev–Trinajstić information content (AvgIpc) is 2.62. The smallest absolute Gasteiger partial charge is 0.336 e. The first-order valence-electron chi connectivity index (χ1n) is 4.34. The summed E-state index contributed by atoms with van der Waals surface area (Å²) in [4.78, 5) is 10.7. The van der Waals surface area contributed by atoms with E-state index in [1.165, 1.54) is 6.08 Å². The predicted molar refractivity (Wildman–Crippen MR) is 51.4 cm³/mol. The van der Waals surface area contributed by atoms with Crippen molar-refractivity contribution in [2.24, 2.45) is 0 Å². The third-order valence-corrected chi connectivity index (χ3v) is 2.07. The second kappa shape index (κ2) is 3.18. The molecule has 0 atom stereocenters. The summed E-state index contributed by atoms with van der Waals surface area (Å²) >= 11 is 0. The lowest BCUT2D eigenvalue weighted by Crippen LogP contribution is -1.89. The van der Waals surface area contributed by atoms with Gasteiger partial charge < -0.3 is 9.15 Å². The van der Waals surface area contributed by atoms with E-state index in [2.05, 4.69) is 0 Å². The minimum Gasteiger partial charge on any atom is -0.462 e. The normalized spacial score (nSPS) is 17.9. The zero-order valence-corrected chi connectivity index (χ0v) is 8.03. The van der Waals surface area contributed by atoms with Gasteiger partial charge >= 0.3 is 5.97 Å². The molecule has 0 unspecified atom stereocenters. The Balaban J connectivity index is 2.26. The Morgan fingerprint density at radius 1 is 1.29 bits per heavy atom. The number of carbonyl (C=O) groups excluding carboxylic acids is 1. The van der Waals surface area contributed by atoms with E-state index in [0.29, 0.717) is 11.5 Å². The maximum absolute atomic E-state index is 10.7. The van der Waals surface area contributed by atoms with Crippen LogP contribution in [0, 0.1) is 13.8 Å². The van der Waals surface area contributed by atoms with Crippen molar-refractivity contribution in [2.45, 2.75) is 13.8 Å². The molecule has 1 aliphatic rings. The van der Waals surface area contributed by atoms with E-state index < -0.39 is 0 Å². The molecule has 0 amide bonds. The van der Waals surface area contributed by atoms with Gasteiger partial charge in [0.25, 0.3) is 0 Å². The number of aryl methyl sites for hydroxylation is 2. The molecule has 3 nitrogen and oxygen atoms in total. The maximum atomic E-state index is 10.7. The van der Waals surface area contributed by atoms with Crippen molar-refractivity contribution in [3.63, 3.8) is 0 Å². The molecule has 1 aromatic rings. The molecular formula is C11H10O3. The molecule has 0 bridgehead atoms. The van der Waals surface area contributed by atoms with E-state index in [1.807, 2.05) is 19.9 Å². The van der Waals surface area contributed by atoms with Crippen molar-refractivity contribution in [2.75, 3.05) is 0 Å². The van der Waals surface area contributed by atoms with Crippen LogP contribution in [0.1, 0.15) is 17.1 Å². The Bertz CT molecular complexity index is 416. The van der Waals surface area contributed by atoms with Crippen LogP contribution in [0.5, 0.6) is 0 Å². The molecule has 0 aromatic carbocycles. The molecule has 0 saturated heterocycles. The van der Waals surface area contributed by atoms with Gasteiger partial charge in [-0.1, -0.05) is 0 Å². The SMILES string of the molecule is Cc1cc(/C=C2\C=CC(=O)O2)oc1C. The van der Waals surface area contributed by atoms with Crippen molar-refractivity contribution in [1.82, 2.24) is 0 Å². The van der Waals surface area contributed by atoms with Crippen LogP contribution in [0.2, 0.25) is 0 Å². The lowest BCUT2D eigenvalue weighted by molar-refractivity contribution is -0.132. The van der Waals surface area contributed by atoms with Crippen LogP contribution in [0.15, 0.2) is 28.4 Å². The van der Waals surface area contributed by atoms with Crippen molar-refractivity contribution in [3.05, 3.63) is 41.1 Å². The van der Waals surface area contributed by atoms with Crippen molar-refractivity contribution >= 4 is 12.0 Å². The van der Waals surface area contributed by atoms with Crippen molar-refractivity contribution in [3.8, 4) is 0 Å². The summed E-state index contributed by atoms with van der Waals surface area (Å²) in [6.45, 7) is 3.87. The summed E-state index contributed by atoms with van der Waals surface area (Å²) in [5.74, 6) is 1.76. The molecule has 0 N–H and O–H groups in total. The first kappa shape index (κ1) is 8.81. The largest absolute Gasteiger partial charge is 0.462 e. The summed E-state index contributed by atoms with van der Waals surface area (Å²) in [7, 11) is 0. The fourth-order valence-electron chi connectivity index (χ4n) is 1.23. The molecule has 0 radical (unpaired) electrons. The van der Waals surface area contributed by atoms with Gasteiger partial charge in [0.05, 0.1) is 0 Å². The van der Waals surface area contributed by atoms with E-state index in [0.717, 1.165) is 11.3 Å². The first-order valence-corrected chi connectivity index (χ1v) is 4.34. The van der Waals surface area contributed by atoms with Gasteiger partial charge in [-0.05, 0) is 31.6 Å². The van der Waals surface area contributed by atoms with Crippen LogP contribution >= 0.6 is 0 Å². The molecule has 0 spiro atoms. The fraction of sp³-hybridized carbons (Fsp3) is 0.182. The summed E-state index contributed by atoms with van der Waals surface area (Å²) in [5.41, 5.74) is 1.09. The zero-order chi connectivity index (χ0) is 10.1. The molecular weight excluding hydrogens is 180 g/mol. The van der Waals surface area contributed by atoms with Gasteiger partial charge in [0, 0.05) is 12.2 Å². The van der Waals surface area contributed by atoms with E-state index in [9.17, 15) is 4.79 Å². The molecule has 0 saturated carbocycles. The Kier molecular flexibility index (Phi) is 2.00. The Morgan fingerprint density at radius 2 is 2.07 bits per heavy atom. The Morgan fingerprint density at radius 3 is 2.57 bits per heavy atom. The number of hydrogen-bond acceptors (Lipinski definition) is 3. The fourth-order valence-corrected chi connectivity index (χ4v) is 1.23. The maximum Gasteiger partial charge on any atom is 0.336 e. The first-order chi connectivity index (χ1) is 6.65. The lowest BCUT2D eigenvalue weighted by Gasteiger charge is -1.92. The molecule has 1 aliphatic heterocycles. The standard InChI is InChI=1S/C11H10O3/c1-7-5-10(13-8(7)2)6-9-3-4-11(12)14-9/h3-6H,1-2H3/b9-6+. The lowest BCUT2D eigenvalue weighted by atomic mass is 10.3. The number of esters is 1. The minimum atomic E-state index is -0.337. The minimum absolute atomic E-state index is 0.337. The highest BCUT2D eigenvalue weighted by Gasteiger charge is 2.10. The summed E-state index contributed by atoms with van der Waals surface area (Å²) in [6.07, 6.45) is 4.70. The van der Waals surface area contributed by atoms with E-state index >= 15 is 0 Å². The monoisotopic (exact) mass is 190 g/mol. The molecule has 2 rings (SSSR count). The van der Waals surface area contributed by atoms with Gasteiger partial charge in [0.2, 0.25) is 0 Å². The number of cyclic esters (lactones) is 1. The van der Waals surface area contributed by atoms with Crippen LogP contribution in [0.25, 0.3) is 6.08 Å². The number of furan rings is 1.